The van der Waals surface area contributed by atoms with Gasteiger partial charge in [0.25, 0.3) is 0 Å². The van der Waals surface area contributed by atoms with E-state index in [1.807, 2.05) is 0 Å². The van der Waals surface area contributed by atoms with Crippen LogP contribution in [0, 0.1) is 0 Å². The molecule has 0 aromatic heterocycles. The van der Waals surface area contributed by atoms with E-state index < -0.39 is 7.38 Å². The van der Waals surface area contributed by atoms with Crippen molar-refractivity contribution in [2.45, 2.75) is 37.4 Å². The minimum Gasteiger partial charge on any atom is -0.167 e. The molecule has 0 aromatic carbocycles. The predicted molar refractivity (Wildman–Crippen MR) is 72.0 cm³/mol. The number of halogens is 4. The average Bonchev–Trinajstić information content (AvgIpc) is 2.21. The molecule has 0 heterocycles. The van der Waals surface area contributed by atoms with E-state index in [0.29, 0.717) is 17.6 Å². The van der Waals surface area contributed by atoms with E-state index >= 15 is 0 Å². The van der Waals surface area contributed by atoms with Gasteiger partial charge in [-0.3, -0.25) is 0 Å². The van der Waals surface area contributed by atoms with Crippen LogP contribution in [0.2, 0.25) is 18.1 Å². The fourth-order valence-corrected chi connectivity index (χ4v) is 6.98. The van der Waals surface area contributed by atoms with Crippen molar-refractivity contribution in [2.24, 2.45) is 0 Å². The highest BCUT2D eigenvalue weighted by Crippen LogP contribution is 2.30. The third-order valence-electron chi connectivity index (χ3n) is 2.28. The first kappa shape index (κ1) is 15.4. The van der Waals surface area contributed by atoms with Crippen molar-refractivity contribution in [1.29, 1.82) is 0 Å². The summed E-state index contributed by atoms with van der Waals surface area (Å²) in [5.41, 5.74) is 0. The zero-order valence-corrected chi connectivity index (χ0v) is 12.4. The molecule has 0 rings (SSSR count). The molecule has 0 atom stereocenters. The van der Waals surface area contributed by atoms with Gasteiger partial charge in [-0.05, 0) is 37.4 Å². The molecule has 86 valence electrons. The Hall–Kier alpha value is 1.38. The second kappa shape index (κ2) is 9.59. The Balaban J connectivity index is 3.89. The van der Waals surface area contributed by atoms with Gasteiger partial charge in [0.1, 0.15) is 0 Å². The zero-order chi connectivity index (χ0) is 10.9. The molecule has 0 aromatic rings. The van der Waals surface area contributed by atoms with Gasteiger partial charge in [0.15, 0.2) is 7.38 Å². The standard InChI is InChI=1S/C9H18Cl4Si/c10-4-1-7-14(13,8-2-5-11)9-3-6-12/h1-9H2. The third-order valence-corrected chi connectivity index (χ3v) is 8.53. The molecule has 0 aliphatic heterocycles. The summed E-state index contributed by atoms with van der Waals surface area (Å²) in [6.07, 6.45) is 3.09. The lowest BCUT2D eigenvalue weighted by Gasteiger charge is -2.23. The molecule has 0 saturated carbocycles. The molecule has 5 heteroatoms. The highest BCUT2D eigenvalue weighted by atomic mass is 35.6. The average molecular weight is 296 g/mol. The first-order chi connectivity index (χ1) is 6.68. The van der Waals surface area contributed by atoms with E-state index in [0.717, 1.165) is 37.4 Å². The van der Waals surface area contributed by atoms with Gasteiger partial charge in [-0.25, -0.2) is 0 Å². The first-order valence-corrected chi connectivity index (χ1v) is 10.3. The molecule has 0 aliphatic carbocycles. The molecule has 0 aliphatic rings. The van der Waals surface area contributed by atoms with E-state index in [9.17, 15) is 0 Å². The maximum atomic E-state index is 6.64. The van der Waals surface area contributed by atoms with Gasteiger partial charge in [0, 0.05) is 17.6 Å². The Morgan fingerprint density at radius 2 is 0.929 bits per heavy atom. The molecule has 0 nitrogen and oxygen atoms in total. The molecule has 0 bridgehead atoms. The first-order valence-electron chi connectivity index (χ1n) is 5.05. The molecule has 14 heavy (non-hydrogen) atoms. The number of alkyl halides is 3. The minimum absolute atomic E-state index is 0.712. The molecule has 0 unspecified atom stereocenters. The monoisotopic (exact) mass is 294 g/mol. The van der Waals surface area contributed by atoms with Crippen molar-refractivity contribution in [3.63, 3.8) is 0 Å². The second-order valence-electron chi connectivity index (χ2n) is 3.53. The quantitative estimate of drug-likeness (QED) is 0.317. The number of hydrogen-bond acceptors (Lipinski definition) is 0. The smallest absolute Gasteiger partial charge is 0.156 e. The largest absolute Gasteiger partial charge is 0.167 e. The summed E-state index contributed by atoms with van der Waals surface area (Å²) in [5, 5.41) is 0. The van der Waals surface area contributed by atoms with Crippen molar-refractivity contribution in [1.82, 2.24) is 0 Å². The van der Waals surface area contributed by atoms with Crippen molar-refractivity contribution >= 4 is 53.3 Å². The van der Waals surface area contributed by atoms with Crippen LogP contribution in [-0.2, 0) is 0 Å². The Bertz CT molecular complexity index is 110. The molecule has 0 fully saturated rings. The predicted octanol–water partition coefficient (Wildman–Crippen LogP) is 5.06. The fourth-order valence-electron chi connectivity index (χ4n) is 1.53. The SMILES string of the molecule is ClCCC[Si](Cl)(CCCCl)CCCCl. The van der Waals surface area contributed by atoms with Gasteiger partial charge in [-0.2, -0.15) is 11.1 Å². The number of rotatable bonds is 9. The minimum atomic E-state index is -1.59. The van der Waals surface area contributed by atoms with E-state index in [2.05, 4.69) is 0 Å². The second-order valence-corrected chi connectivity index (χ2v) is 10.9. The van der Waals surface area contributed by atoms with Crippen LogP contribution in [0.15, 0.2) is 0 Å². The van der Waals surface area contributed by atoms with E-state index in [1.54, 1.807) is 0 Å². The Labute approximate surface area is 108 Å². The lowest BCUT2D eigenvalue weighted by Crippen LogP contribution is -2.27. The lowest BCUT2D eigenvalue weighted by molar-refractivity contribution is 0.956. The highest BCUT2D eigenvalue weighted by Gasteiger charge is 2.28. The zero-order valence-electron chi connectivity index (χ0n) is 8.38. The summed E-state index contributed by atoms with van der Waals surface area (Å²) < 4.78 is 0. The van der Waals surface area contributed by atoms with Gasteiger partial charge in [0.05, 0.1) is 0 Å². The fraction of sp³-hybridized carbons (Fsp3) is 1.00. The van der Waals surface area contributed by atoms with Gasteiger partial charge in [-0.1, -0.05) is 0 Å². The van der Waals surface area contributed by atoms with E-state index in [4.69, 9.17) is 45.9 Å². The van der Waals surface area contributed by atoms with E-state index in [1.165, 1.54) is 0 Å². The Kier molecular flexibility index (Phi) is 10.5. The highest BCUT2D eigenvalue weighted by molar-refractivity contribution is 7.20. The summed E-state index contributed by atoms with van der Waals surface area (Å²) >= 11 is 23.7. The lowest BCUT2D eigenvalue weighted by atomic mass is 10.5. The number of hydrogen-bond donors (Lipinski definition) is 0. The summed E-state index contributed by atoms with van der Waals surface area (Å²) in [5.74, 6) is 2.13. The maximum absolute atomic E-state index is 6.64. The van der Waals surface area contributed by atoms with Crippen LogP contribution in [0.5, 0.6) is 0 Å². The van der Waals surface area contributed by atoms with Crippen molar-refractivity contribution in [3.05, 3.63) is 0 Å². The van der Waals surface area contributed by atoms with Crippen LogP contribution in [0.4, 0.5) is 0 Å². The van der Waals surface area contributed by atoms with Crippen LogP contribution >= 0.6 is 45.9 Å². The summed E-state index contributed by atoms with van der Waals surface area (Å²) in [6.45, 7) is 0. The molecule has 0 N–H and O–H groups in total. The summed E-state index contributed by atoms with van der Waals surface area (Å²) in [4.78, 5) is 0. The molecular weight excluding hydrogens is 278 g/mol. The summed E-state index contributed by atoms with van der Waals surface area (Å²) in [7, 11) is -1.59. The van der Waals surface area contributed by atoms with E-state index in [-0.39, 0.29) is 0 Å². The molecule has 0 spiro atoms. The van der Waals surface area contributed by atoms with Crippen LogP contribution in [0.25, 0.3) is 0 Å². The van der Waals surface area contributed by atoms with Crippen molar-refractivity contribution in [2.75, 3.05) is 17.6 Å². The summed E-state index contributed by atoms with van der Waals surface area (Å²) in [6, 6.07) is 3.31. The van der Waals surface area contributed by atoms with Gasteiger partial charge < -0.3 is 0 Å². The van der Waals surface area contributed by atoms with Crippen molar-refractivity contribution < 1.29 is 0 Å². The molecular formula is C9H18Cl4Si. The van der Waals surface area contributed by atoms with Crippen LogP contribution < -0.4 is 0 Å². The Morgan fingerprint density at radius 3 is 1.14 bits per heavy atom. The molecule has 0 saturated heterocycles. The van der Waals surface area contributed by atoms with Crippen molar-refractivity contribution in [3.8, 4) is 0 Å². The molecule has 0 radical (unpaired) electrons. The van der Waals surface area contributed by atoms with Gasteiger partial charge in [0.2, 0.25) is 0 Å². The van der Waals surface area contributed by atoms with Crippen LogP contribution in [0.3, 0.4) is 0 Å². The molecule has 0 amide bonds. The normalized spacial score (nSPS) is 12.0. The van der Waals surface area contributed by atoms with Gasteiger partial charge in [-0.15, -0.1) is 34.8 Å². The van der Waals surface area contributed by atoms with Crippen LogP contribution in [-0.4, -0.2) is 25.0 Å². The maximum Gasteiger partial charge on any atom is 0.156 e. The van der Waals surface area contributed by atoms with Crippen LogP contribution in [0.1, 0.15) is 19.3 Å². The van der Waals surface area contributed by atoms with Gasteiger partial charge >= 0.3 is 0 Å². The topological polar surface area (TPSA) is 0 Å². The Morgan fingerprint density at radius 1 is 0.643 bits per heavy atom. The third kappa shape index (κ3) is 7.64.